The van der Waals surface area contributed by atoms with Crippen molar-refractivity contribution in [1.29, 1.82) is 0 Å². The van der Waals surface area contributed by atoms with Gasteiger partial charge in [-0.25, -0.2) is 9.18 Å². The van der Waals surface area contributed by atoms with Crippen molar-refractivity contribution in [2.45, 2.75) is 12.5 Å². The van der Waals surface area contributed by atoms with Gasteiger partial charge in [-0.2, -0.15) is 0 Å². The summed E-state index contributed by atoms with van der Waals surface area (Å²) in [5.41, 5.74) is 1.59. The van der Waals surface area contributed by atoms with E-state index in [2.05, 4.69) is 0 Å². The molecule has 1 atom stereocenters. The van der Waals surface area contributed by atoms with Crippen LogP contribution in [0, 0.1) is 5.82 Å². The highest BCUT2D eigenvalue weighted by atomic mass is 19.1. The summed E-state index contributed by atoms with van der Waals surface area (Å²) >= 11 is 0. The van der Waals surface area contributed by atoms with Crippen LogP contribution in [0.15, 0.2) is 69.9 Å². The van der Waals surface area contributed by atoms with Crippen LogP contribution in [0.2, 0.25) is 0 Å². The van der Waals surface area contributed by atoms with Gasteiger partial charge in [-0.3, -0.25) is 9.59 Å². The maximum absolute atomic E-state index is 14.0. The van der Waals surface area contributed by atoms with Gasteiger partial charge in [-0.1, -0.05) is 18.2 Å². The van der Waals surface area contributed by atoms with Crippen LogP contribution in [-0.2, 0) is 11.2 Å². The summed E-state index contributed by atoms with van der Waals surface area (Å²) < 4.78 is 35.3. The van der Waals surface area contributed by atoms with Gasteiger partial charge in [-0.05, 0) is 60.0 Å². The van der Waals surface area contributed by atoms with E-state index in [-0.39, 0.29) is 28.8 Å². The fourth-order valence-electron chi connectivity index (χ4n) is 4.77. The van der Waals surface area contributed by atoms with Gasteiger partial charge in [0.05, 0.1) is 43.9 Å². The number of nitrogens with zero attached hydrogens (tertiary/aromatic N) is 1. The molecule has 0 fully saturated rings. The first-order valence-corrected chi connectivity index (χ1v) is 11.8. The lowest BCUT2D eigenvalue weighted by molar-refractivity contribution is 0.0600. The Labute approximate surface area is 217 Å². The SMILES string of the molecule is COC(=O)c1ccc(C2c3c(oc4ccc(F)cc4c3=O)C(=O)N2CCc2ccc(OC)c(OC)c2)cc1. The predicted molar refractivity (Wildman–Crippen MR) is 136 cm³/mol. The van der Waals surface area contributed by atoms with Gasteiger partial charge < -0.3 is 23.5 Å². The van der Waals surface area contributed by atoms with Gasteiger partial charge >= 0.3 is 5.97 Å². The van der Waals surface area contributed by atoms with Gasteiger partial charge in [0.1, 0.15) is 11.4 Å². The number of amides is 1. The molecule has 0 saturated heterocycles. The van der Waals surface area contributed by atoms with Crippen LogP contribution in [0.25, 0.3) is 11.0 Å². The number of methoxy groups -OCH3 is 3. The first-order valence-electron chi connectivity index (χ1n) is 11.8. The molecule has 0 spiro atoms. The van der Waals surface area contributed by atoms with Crippen molar-refractivity contribution in [3.05, 3.63) is 105 Å². The lowest BCUT2D eigenvalue weighted by Crippen LogP contribution is -2.31. The lowest BCUT2D eigenvalue weighted by Gasteiger charge is -2.25. The smallest absolute Gasteiger partial charge is 0.337 e. The van der Waals surface area contributed by atoms with E-state index in [0.717, 1.165) is 11.6 Å². The number of fused-ring (bicyclic) bond motifs is 2. The summed E-state index contributed by atoms with van der Waals surface area (Å²) in [5, 5.41) is 0.0504. The molecule has 9 heteroatoms. The standard InChI is InChI=1S/C29H24FNO7/c1-35-22-10-4-16(14-23(22)36-2)12-13-31-25(17-5-7-18(8-6-17)29(34)37-3)24-26(32)20-15-19(30)9-11-21(20)38-27(24)28(31)33/h4-11,14-15,25H,12-13H2,1-3H3. The van der Waals surface area contributed by atoms with Crippen LogP contribution < -0.4 is 14.9 Å². The van der Waals surface area contributed by atoms with Crippen LogP contribution >= 0.6 is 0 Å². The van der Waals surface area contributed by atoms with Gasteiger partial charge in [0, 0.05) is 6.54 Å². The highest BCUT2D eigenvalue weighted by molar-refractivity contribution is 5.99. The lowest BCUT2D eigenvalue weighted by atomic mass is 9.97. The van der Waals surface area contributed by atoms with Crippen LogP contribution in [0.3, 0.4) is 0 Å². The second kappa shape index (κ2) is 10.0. The van der Waals surface area contributed by atoms with Crippen molar-refractivity contribution in [3.63, 3.8) is 0 Å². The van der Waals surface area contributed by atoms with Crippen molar-refractivity contribution in [2.24, 2.45) is 0 Å². The van der Waals surface area contributed by atoms with Crippen molar-refractivity contribution >= 4 is 22.8 Å². The fraction of sp³-hybridized carbons (Fsp3) is 0.207. The summed E-state index contributed by atoms with van der Waals surface area (Å²) in [6.45, 7) is 0.242. The topological polar surface area (TPSA) is 95.3 Å². The molecule has 0 aliphatic carbocycles. The minimum atomic E-state index is -0.798. The normalized spacial score (nSPS) is 14.5. The number of carbonyl (C=O) groups is 2. The molecule has 4 aromatic rings. The van der Waals surface area contributed by atoms with Crippen LogP contribution in [-0.4, -0.2) is 44.7 Å². The van der Waals surface area contributed by atoms with E-state index >= 15 is 0 Å². The largest absolute Gasteiger partial charge is 0.493 e. The molecule has 8 nitrogen and oxygen atoms in total. The summed E-state index contributed by atoms with van der Waals surface area (Å²) in [6.07, 6.45) is 0.444. The van der Waals surface area contributed by atoms with Crippen LogP contribution in [0.5, 0.6) is 11.5 Å². The highest BCUT2D eigenvalue weighted by Crippen LogP contribution is 2.38. The Morgan fingerprint density at radius 3 is 2.37 bits per heavy atom. The van der Waals surface area contributed by atoms with E-state index in [1.165, 1.54) is 19.2 Å². The van der Waals surface area contributed by atoms with Gasteiger partial charge in [0.15, 0.2) is 16.9 Å². The zero-order valence-corrected chi connectivity index (χ0v) is 20.9. The van der Waals surface area contributed by atoms with E-state index < -0.39 is 29.2 Å². The molecular weight excluding hydrogens is 493 g/mol. The average Bonchev–Trinajstić information content (AvgIpc) is 3.23. The molecule has 0 bridgehead atoms. The van der Waals surface area contributed by atoms with Gasteiger partial charge in [0.2, 0.25) is 5.76 Å². The van der Waals surface area contributed by atoms with Crippen molar-refractivity contribution in [1.82, 2.24) is 4.90 Å². The Balaban J connectivity index is 1.59. The number of halogens is 1. The van der Waals surface area contributed by atoms with Crippen molar-refractivity contribution < 1.29 is 32.6 Å². The number of hydrogen-bond acceptors (Lipinski definition) is 7. The number of benzene rings is 3. The zero-order chi connectivity index (χ0) is 27.0. The first-order chi connectivity index (χ1) is 18.4. The first kappa shape index (κ1) is 25.0. The Bertz CT molecular complexity index is 1610. The maximum atomic E-state index is 14.0. The van der Waals surface area contributed by atoms with Gasteiger partial charge in [-0.15, -0.1) is 0 Å². The fourth-order valence-corrected chi connectivity index (χ4v) is 4.77. The summed E-state index contributed by atoms with van der Waals surface area (Å²) in [6, 6.07) is 14.8. The van der Waals surface area contributed by atoms with Crippen LogP contribution in [0.4, 0.5) is 4.39 Å². The molecule has 194 valence electrons. The second-order valence-electron chi connectivity index (χ2n) is 8.77. The molecule has 0 N–H and O–H groups in total. The molecule has 0 radical (unpaired) electrons. The third-order valence-corrected chi connectivity index (χ3v) is 6.66. The molecule has 3 aromatic carbocycles. The van der Waals surface area contributed by atoms with Crippen molar-refractivity contribution in [3.8, 4) is 11.5 Å². The minimum Gasteiger partial charge on any atom is -0.493 e. The van der Waals surface area contributed by atoms with Crippen molar-refractivity contribution in [2.75, 3.05) is 27.9 Å². The predicted octanol–water partition coefficient (Wildman–Crippen LogP) is 4.52. The third kappa shape index (κ3) is 4.26. The number of rotatable bonds is 7. The monoisotopic (exact) mass is 517 g/mol. The molecule has 1 unspecified atom stereocenters. The quantitative estimate of drug-likeness (QED) is 0.333. The van der Waals surface area contributed by atoms with Crippen LogP contribution in [0.1, 0.15) is 43.6 Å². The Morgan fingerprint density at radius 1 is 0.947 bits per heavy atom. The number of carbonyl (C=O) groups excluding carboxylic acids is 2. The molecule has 1 amide bonds. The third-order valence-electron chi connectivity index (χ3n) is 6.66. The minimum absolute atomic E-state index is 0.0504. The highest BCUT2D eigenvalue weighted by Gasteiger charge is 2.42. The summed E-state index contributed by atoms with van der Waals surface area (Å²) in [4.78, 5) is 40.7. The molecule has 2 heterocycles. The van der Waals surface area contributed by atoms with E-state index in [1.54, 1.807) is 49.5 Å². The van der Waals surface area contributed by atoms with Gasteiger partial charge in [0.25, 0.3) is 5.91 Å². The zero-order valence-electron chi connectivity index (χ0n) is 20.9. The number of hydrogen-bond donors (Lipinski definition) is 0. The van der Waals surface area contributed by atoms with E-state index in [1.807, 2.05) is 12.1 Å². The molecule has 5 rings (SSSR count). The molecule has 38 heavy (non-hydrogen) atoms. The van der Waals surface area contributed by atoms with E-state index in [4.69, 9.17) is 18.6 Å². The Hall–Kier alpha value is -4.66. The number of esters is 1. The Kier molecular flexibility index (Phi) is 6.59. The van der Waals surface area contributed by atoms with E-state index in [9.17, 15) is 18.8 Å². The molecule has 0 saturated carbocycles. The summed E-state index contributed by atoms with van der Waals surface area (Å²) in [7, 11) is 4.38. The summed E-state index contributed by atoms with van der Waals surface area (Å²) in [5.74, 6) is -0.488. The maximum Gasteiger partial charge on any atom is 0.337 e. The number of ether oxygens (including phenoxy) is 3. The molecule has 1 aliphatic rings. The second-order valence-corrected chi connectivity index (χ2v) is 8.77. The average molecular weight is 518 g/mol. The Morgan fingerprint density at radius 2 is 1.68 bits per heavy atom. The molecule has 1 aliphatic heterocycles. The molecule has 1 aromatic heterocycles. The van der Waals surface area contributed by atoms with E-state index in [0.29, 0.717) is 29.0 Å². The molecular formula is C29H24FNO7.